The molecule has 1 aromatic heterocycles. The van der Waals surface area contributed by atoms with Crippen molar-refractivity contribution in [3.8, 4) is 11.4 Å². The minimum Gasteiger partial charge on any atom is -0.497 e. The normalized spacial score (nSPS) is 13.2. The molecule has 5 nitrogen and oxygen atoms in total. The summed E-state index contributed by atoms with van der Waals surface area (Å²) in [6.45, 7) is 0. The first-order valence-corrected chi connectivity index (χ1v) is 6.65. The van der Waals surface area contributed by atoms with E-state index < -0.39 is 5.97 Å². The van der Waals surface area contributed by atoms with E-state index in [0.29, 0.717) is 5.69 Å². The zero-order chi connectivity index (χ0) is 14.1. The van der Waals surface area contributed by atoms with Crippen molar-refractivity contribution in [2.45, 2.75) is 25.7 Å². The Morgan fingerprint density at radius 2 is 2.10 bits per heavy atom. The van der Waals surface area contributed by atoms with Crippen molar-refractivity contribution >= 4 is 5.97 Å². The van der Waals surface area contributed by atoms with Gasteiger partial charge in [0.25, 0.3) is 0 Å². The van der Waals surface area contributed by atoms with Crippen molar-refractivity contribution in [3.63, 3.8) is 0 Å². The highest BCUT2D eigenvalue weighted by atomic mass is 16.5. The molecule has 0 unspecified atom stereocenters. The molecule has 0 atom stereocenters. The third kappa shape index (κ3) is 2.15. The number of hydrogen-bond acceptors (Lipinski definition) is 3. The van der Waals surface area contributed by atoms with E-state index in [9.17, 15) is 4.79 Å². The summed E-state index contributed by atoms with van der Waals surface area (Å²) in [5.74, 6) is -0.0395. The van der Waals surface area contributed by atoms with Crippen molar-refractivity contribution < 1.29 is 14.6 Å². The molecule has 20 heavy (non-hydrogen) atoms. The zero-order valence-electron chi connectivity index (χ0n) is 11.3. The van der Waals surface area contributed by atoms with Gasteiger partial charge in [0.1, 0.15) is 5.75 Å². The molecule has 5 heteroatoms. The lowest BCUT2D eigenvalue weighted by Gasteiger charge is -2.06. The molecule has 3 rings (SSSR count). The first kappa shape index (κ1) is 12.7. The molecular weight excluding hydrogens is 256 g/mol. The van der Waals surface area contributed by atoms with Crippen LogP contribution >= 0.6 is 0 Å². The Balaban J connectivity index is 2.02. The van der Waals surface area contributed by atoms with E-state index in [1.54, 1.807) is 7.11 Å². The second kappa shape index (κ2) is 5.00. The number of benzene rings is 1. The first-order chi connectivity index (χ1) is 9.69. The molecule has 1 aliphatic rings. The van der Waals surface area contributed by atoms with Crippen LogP contribution in [0.25, 0.3) is 5.69 Å². The minimum atomic E-state index is -0.834. The van der Waals surface area contributed by atoms with Crippen LogP contribution in [0.1, 0.15) is 23.4 Å². The van der Waals surface area contributed by atoms with Crippen molar-refractivity contribution in [2.24, 2.45) is 0 Å². The molecule has 0 spiro atoms. The number of nitrogens with zero attached hydrogens (tertiary/aromatic N) is 2. The second-order valence-electron chi connectivity index (χ2n) is 4.91. The van der Waals surface area contributed by atoms with Crippen LogP contribution in [0, 0.1) is 0 Å². The Kier molecular flexibility index (Phi) is 3.18. The Morgan fingerprint density at radius 1 is 1.35 bits per heavy atom. The van der Waals surface area contributed by atoms with Crippen LogP contribution < -0.4 is 4.74 Å². The lowest BCUT2D eigenvalue weighted by atomic mass is 10.1. The maximum atomic E-state index is 10.9. The minimum absolute atomic E-state index is 0.00844. The predicted molar refractivity (Wildman–Crippen MR) is 73.5 cm³/mol. The van der Waals surface area contributed by atoms with Crippen LogP contribution in [0.4, 0.5) is 0 Å². The molecule has 2 aromatic rings. The molecular formula is C15H16N2O3. The number of aromatic nitrogens is 2. The molecule has 1 heterocycles. The summed E-state index contributed by atoms with van der Waals surface area (Å²) in [6, 6.07) is 7.65. The van der Waals surface area contributed by atoms with E-state index in [-0.39, 0.29) is 6.42 Å². The Labute approximate surface area is 116 Å². The molecule has 0 radical (unpaired) electrons. The number of fused-ring (bicyclic) bond motifs is 1. The second-order valence-corrected chi connectivity index (χ2v) is 4.91. The maximum Gasteiger partial charge on any atom is 0.309 e. The standard InChI is InChI=1S/C15H16N2O3/c1-20-11-7-5-10(6-8-11)17-14-4-2-3-12(14)13(16-17)9-15(18)19/h5-8H,2-4,9H2,1H3,(H,18,19). The van der Waals surface area contributed by atoms with E-state index in [1.165, 1.54) is 0 Å². The Bertz CT molecular complexity index is 644. The predicted octanol–water partition coefficient (Wildman–Crippen LogP) is 2.00. The Morgan fingerprint density at radius 3 is 2.75 bits per heavy atom. The van der Waals surface area contributed by atoms with E-state index in [0.717, 1.165) is 42.0 Å². The topological polar surface area (TPSA) is 64.4 Å². The SMILES string of the molecule is COc1ccc(-n2nc(CC(=O)O)c3c2CCC3)cc1. The highest BCUT2D eigenvalue weighted by Crippen LogP contribution is 2.28. The third-order valence-corrected chi connectivity index (χ3v) is 3.65. The molecule has 0 amide bonds. The molecule has 1 aromatic carbocycles. The molecule has 0 saturated heterocycles. The van der Waals surface area contributed by atoms with E-state index >= 15 is 0 Å². The number of methoxy groups -OCH3 is 1. The average molecular weight is 272 g/mol. The molecule has 0 saturated carbocycles. The molecule has 104 valence electrons. The van der Waals surface area contributed by atoms with Crippen LogP contribution in [0.15, 0.2) is 24.3 Å². The Hall–Kier alpha value is -2.30. The van der Waals surface area contributed by atoms with Crippen LogP contribution in [-0.2, 0) is 24.1 Å². The number of hydrogen-bond donors (Lipinski definition) is 1. The lowest BCUT2D eigenvalue weighted by molar-refractivity contribution is -0.136. The maximum absolute atomic E-state index is 10.9. The van der Waals surface area contributed by atoms with Gasteiger partial charge >= 0.3 is 5.97 Å². The molecule has 1 aliphatic carbocycles. The quantitative estimate of drug-likeness (QED) is 0.924. The summed E-state index contributed by atoms with van der Waals surface area (Å²) in [7, 11) is 1.63. The fourth-order valence-electron chi connectivity index (χ4n) is 2.74. The fraction of sp³-hybridized carbons (Fsp3) is 0.333. The van der Waals surface area contributed by atoms with Gasteiger partial charge in [-0.05, 0) is 49.1 Å². The van der Waals surface area contributed by atoms with Crippen molar-refractivity contribution in [3.05, 3.63) is 41.2 Å². The number of carboxylic acids is 1. The van der Waals surface area contributed by atoms with Crippen molar-refractivity contribution in [2.75, 3.05) is 7.11 Å². The number of carboxylic acid groups (broad SMARTS) is 1. The van der Waals surface area contributed by atoms with E-state index in [1.807, 2.05) is 28.9 Å². The van der Waals surface area contributed by atoms with Crippen LogP contribution in [0.2, 0.25) is 0 Å². The number of carbonyl (C=O) groups is 1. The van der Waals surface area contributed by atoms with Crippen molar-refractivity contribution in [1.29, 1.82) is 0 Å². The van der Waals surface area contributed by atoms with Gasteiger partial charge in [-0.15, -0.1) is 0 Å². The lowest BCUT2D eigenvalue weighted by Crippen LogP contribution is -2.05. The summed E-state index contributed by atoms with van der Waals surface area (Å²) in [5, 5.41) is 13.5. The summed E-state index contributed by atoms with van der Waals surface area (Å²) in [5.41, 5.74) is 3.90. The first-order valence-electron chi connectivity index (χ1n) is 6.65. The third-order valence-electron chi connectivity index (χ3n) is 3.65. The summed E-state index contributed by atoms with van der Waals surface area (Å²) < 4.78 is 7.02. The molecule has 0 bridgehead atoms. The molecule has 1 N–H and O–H groups in total. The van der Waals surface area contributed by atoms with Gasteiger partial charge in [0.15, 0.2) is 0 Å². The van der Waals surface area contributed by atoms with Gasteiger partial charge in [-0.3, -0.25) is 4.79 Å². The molecule has 0 aliphatic heterocycles. The monoisotopic (exact) mass is 272 g/mol. The summed E-state index contributed by atoms with van der Waals surface area (Å²) in [4.78, 5) is 10.9. The molecule has 0 fully saturated rings. The largest absolute Gasteiger partial charge is 0.497 e. The number of rotatable bonds is 4. The highest BCUT2D eigenvalue weighted by molar-refractivity contribution is 5.70. The van der Waals surface area contributed by atoms with Gasteiger partial charge < -0.3 is 9.84 Å². The number of aliphatic carboxylic acids is 1. The van der Waals surface area contributed by atoms with Gasteiger partial charge in [-0.2, -0.15) is 5.10 Å². The van der Waals surface area contributed by atoms with Crippen LogP contribution in [0.5, 0.6) is 5.75 Å². The van der Waals surface area contributed by atoms with Gasteiger partial charge in [0.2, 0.25) is 0 Å². The van der Waals surface area contributed by atoms with Crippen LogP contribution in [-0.4, -0.2) is 28.0 Å². The number of ether oxygens (including phenoxy) is 1. The highest BCUT2D eigenvalue weighted by Gasteiger charge is 2.24. The summed E-state index contributed by atoms with van der Waals surface area (Å²) in [6.07, 6.45) is 2.93. The average Bonchev–Trinajstić information content (AvgIpc) is 3.02. The van der Waals surface area contributed by atoms with Gasteiger partial charge in [-0.25, -0.2) is 4.68 Å². The van der Waals surface area contributed by atoms with Gasteiger partial charge in [0.05, 0.1) is 24.9 Å². The van der Waals surface area contributed by atoms with Crippen molar-refractivity contribution in [1.82, 2.24) is 9.78 Å². The van der Waals surface area contributed by atoms with Crippen LogP contribution in [0.3, 0.4) is 0 Å². The van der Waals surface area contributed by atoms with Gasteiger partial charge in [0, 0.05) is 5.69 Å². The van der Waals surface area contributed by atoms with Gasteiger partial charge in [-0.1, -0.05) is 0 Å². The van der Waals surface area contributed by atoms with E-state index in [4.69, 9.17) is 9.84 Å². The summed E-state index contributed by atoms with van der Waals surface area (Å²) >= 11 is 0. The van der Waals surface area contributed by atoms with E-state index in [2.05, 4.69) is 5.10 Å². The fourth-order valence-corrected chi connectivity index (χ4v) is 2.74. The smallest absolute Gasteiger partial charge is 0.309 e. The zero-order valence-corrected chi connectivity index (χ0v) is 11.3.